The lowest BCUT2D eigenvalue weighted by Gasteiger charge is -2.25. The van der Waals surface area contributed by atoms with Crippen molar-refractivity contribution in [3.05, 3.63) is 101 Å². The number of hydrogen-bond donors (Lipinski definition) is 1. The van der Waals surface area contributed by atoms with Crippen LogP contribution in [0, 0.1) is 18.6 Å². The van der Waals surface area contributed by atoms with Crippen LogP contribution in [0.3, 0.4) is 0 Å². The Kier molecular flexibility index (Phi) is 6.70. The second-order valence-electron chi connectivity index (χ2n) is 7.14. The number of nitrogens with one attached hydrogen (secondary N) is 1. The second-order valence-corrected chi connectivity index (χ2v) is 9.04. The Labute approximate surface area is 180 Å². The molecule has 0 bridgehead atoms. The van der Waals surface area contributed by atoms with Crippen LogP contribution in [0.25, 0.3) is 0 Å². The third kappa shape index (κ3) is 5.46. The predicted molar refractivity (Wildman–Crippen MR) is 116 cm³/mol. The van der Waals surface area contributed by atoms with Crippen molar-refractivity contribution in [2.75, 3.05) is 17.1 Å². The van der Waals surface area contributed by atoms with Gasteiger partial charge in [-0.05, 0) is 35.7 Å². The van der Waals surface area contributed by atoms with Gasteiger partial charge in [0.05, 0.1) is 18.0 Å². The zero-order chi connectivity index (χ0) is 22.6. The van der Waals surface area contributed by atoms with E-state index in [1.807, 2.05) is 61.5 Å². The Hall–Kier alpha value is -3.26. The van der Waals surface area contributed by atoms with Gasteiger partial charge in [0.2, 0.25) is 15.9 Å². The summed E-state index contributed by atoms with van der Waals surface area (Å²) in [7, 11) is -3.93. The first-order valence-corrected chi connectivity index (χ1v) is 11.3. The molecule has 0 radical (unpaired) electrons. The monoisotopic (exact) mass is 444 g/mol. The molecular weight excluding hydrogens is 422 g/mol. The lowest BCUT2D eigenvalue weighted by atomic mass is 9.95. The molecule has 8 heteroatoms. The van der Waals surface area contributed by atoms with Crippen molar-refractivity contribution in [3.8, 4) is 0 Å². The maximum absolute atomic E-state index is 13.7. The van der Waals surface area contributed by atoms with Crippen LogP contribution in [-0.4, -0.2) is 27.1 Å². The van der Waals surface area contributed by atoms with Crippen molar-refractivity contribution in [1.29, 1.82) is 0 Å². The molecule has 0 unspecified atom stereocenters. The molecule has 5 nitrogen and oxygen atoms in total. The van der Waals surface area contributed by atoms with Crippen LogP contribution < -0.4 is 9.62 Å². The number of nitrogens with zero attached hydrogens (tertiary/aromatic N) is 1. The number of sulfonamides is 1. The number of halogens is 2. The molecule has 1 atom stereocenters. The zero-order valence-electron chi connectivity index (χ0n) is 17.0. The fourth-order valence-electron chi connectivity index (χ4n) is 3.27. The van der Waals surface area contributed by atoms with Gasteiger partial charge in [-0.25, -0.2) is 17.2 Å². The Morgan fingerprint density at radius 1 is 0.968 bits per heavy atom. The molecule has 0 aromatic heterocycles. The molecule has 0 saturated heterocycles. The highest BCUT2D eigenvalue weighted by Crippen LogP contribution is 2.25. The summed E-state index contributed by atoms with van der Waals surface area (Å²) >= 11 is 0. The van der Waals surface area contributed by atoms with Crippen molar-refractivity contribution < 1.29 is 22.0 Å². The summed E-state index contributed by atoms with van der Waals surface area (Å²) in [6.07, 6.45) is 0.900. The minimum Gasteiger partial charge on any atom is -0.344 e. The van der Waals surface area contributed by atoms with Crippen molar-refractivity contribution in [3.63, 3.8) is 0 Å². The molecule has 0 aliphatic heterocycles. The van der Waals surface area contributed by atoms with E-state index in [4.69, 9.17) is 0 Å². The van der Waals surface area contributed by atoms with Crippen LogP contribution in [0.1, 0.15) is 22.7 Å². The number of benzene rings is 3. The second kappa shape index (κ2) is 9.26. The maximum Gasteiger partial charge on any atom is 0.241 e. The number of amides is 1. The molecule has 3 aromatic rings. The SMILES string of the molecule is Cc1ccccc1[C@@H](NC(=O)CN(c1ccc(F)c(F)c1)S(C)(=O)=O)c1ccccc1. The molecule has 0 fully saturated rings. The van der Waals surface area contributed by atoms with Gasteiger partial charge in [0.1, 0.15) is 6.54 Å². The molecule has 0 aliphatic carbocycles. The van der Waals surface area contributed by atoms with Crippen LogP contribution in [0.2, 0.25) is 0 Å². The number of aryl methyl sites for hydroxylation is 1. The lowest BCUT2D eigenvalue weighted by molar-refractivity contribution is -0.120. The van der Waals surface area contributed by atoms with Crippen molar-refractivity contribution in [2.24, 2.45) is 0 Å². The van der Waals surface area contributed by atoms with E-state index in [1.165, 1.54) is 0 Å². The molecule has 3 rings (SSSR count). The molecule has 3 aromatic carbocycles. The molecule has 0 aliphatic rings. The number of carbonyl (C=O) groups is 1. The van der Waals surface area contributed by atoms with Crippen molar-refractivity contribution >= 4 is 21.6 Å². The summed E-state index contributed by atoms with van der Waals surface area (Å²) in [5.74, 6) is -2.90. The largest absolute Gasteiger partial charge is 0.344 e. The molecule has 0 saturated carbocycles. The Morgan fingerprint density at radius 3 is 2.23 bits per heavy atom. The first-order chi connectivity index (χ1) is 14.7. The third-order valence-corrected chi connectivity index (χ3v) is 5.96. The van der Waals surface area contributed by atoms with Crippen LogP contribution >= 0.6 is 0 Å². The summed E-state index contributed by atoms with van der Waals surface area (Å²) in [6, 6.07) is 19.0. The molecule has 31 heavy (non-hydrogen) atoms. The predicted octanol–water partition coefficient (Wildman–Crippen LogP) is 3.95. The van der Waals surface area contributed by atoms with E-state index in [-0.39, 0.29) is 5.69 Å². The fourth-order valence-corrected chi connectivity index (χ4v) is 4.12. The smallest absolute Gasteiger partial charge is 0.241 e. The summed E-state index contributed by atoms with van der Waals surface area (Å²) in [5, 5.41) is 2.88. The normalized spacial score (nSPS) is 12.3. The van der Waals surface area contributed by atoms with Gasteiger partial charge in [-0.1, -0.05) is 54.6 Å². The highest BCUT2D eigenvalue weighted by molar-refractivity contribution is 7.92. The fraction of sp³-hybridized carbons (Fsp3) is 0.174. The standard InChI is InChI=1S/C23H22F2N2O3S/c1-16-8-6-7-11-19(16)23(17-9-4-3-5-10-17)26-22(28)15-27(31(2,29)30)18-12-13-20(24)21(25)14-18/h3-14,23H,15H2,1-2H3,(H,26,28)/t23-/m0/s1. The summed E-state index contributed by atoms with van der Waals surface area (Å²) in [4.78, 5) is 12.9. The van der Waals surface area contributed by atoms with Crippen molar-refractivity contribution in [1.82, 2.24) is 5.32 Å². The summed E-state index contributed by atoms with van der Waals surface area (Å²) < 4.78 is 52.2. The van der Waals surface area contributed by atoms with Gasteiger partial charge < -0.3 is 5.32 Å². The molecular formula is C23H22F2N2O3S. The van der Waals surface area contributed by atoms with E-state index in [0.29, 0.717) is 0 Å². The Morgan fingerprint density at radius 2 is 1.61 bits per heavy atom. The van der Waals surface area contributed by atoms with E-state index in [9.17, 15) is 22.0 Å². The number of hydrogen-bond acceptors (Lipinski definition) is 3. The molecule has 0 heterocycles. The van der Waals surface area contributed by atoms with Gasteiger partial charge in [0, 0.05) is 6.07 Å². The van der Waals surface area contributed by atoms with E-state index < -0.39 is 40.2 Å². The van der Waals surface area contributed by atoms with Gasteiger partial charge in [-0.15, -0.1) is 0 Å². The van der Waals surface area contributed by atoms with E-state index in [2.05, 4.69) is 5.32 Å². The average molecular weight is 445 g/mol. The summed E-state index contributed by atoms with van der Waals surface area (Å²) in [5.41, 5.74) is 2.51. The van der Waals surface area contributed by atoms with Gasteiger partial charge in [0.25, 0.3) is 0 Å². The first kappa shape index (κ1) is 22.4. The quantitative estimate of drug-likeness (QED) is 0.600. The first-order valence-electron chi connectivity index (χ1n) is 9.49. The Balaban J connectivity index is 1.92. The minimum absolute atomic E-state index is 0.135. The molecule has 1 N–H and O–H groups in total. The maximum atomic E-state index is 13.7. The van der Waals surface area contributed by atoms with Crippen LogP contribution in [0.5, 0.6) is 0 Å². The van der Waals surface area contributed by atoms with Gasteiger partial charge in [-0.2, -0.15) is 0 Å². The van der Waals surface area contributed by atoms with Crippen LogP contribution in [-0.2, 0) is 14.8 Å². The molecule has 0 spiro atoms. The topological polar surface area (TPSA) is 66.5 Å². The summed E-state index contributed by atoms with van der Waals surface area (Å²) in [6.45, 7) is 1.33. The average Bonchev–Trinajstić information content (AvgIpc) is 2.73. The number of carbonyl (C=O) groups excluding carboxylic acids is 1. The number of rotatable bonds is 7. The van der Waals surface area contributed by atoms with E-state index >= 15 is 0 Å². The van der Waals surface area contributed by atoms with Crippen LogP contribution in [0.15, 0.2) is 72.8 Å². The highest BCUT2D eigenvalue weighted by atomic mass is 32.2. The van der Waals surface area contributed by atoms with Gasteiger partial charge in [0.15, 0.2) is 11.6 Å². The zero-order valence-corrected chi connectivity index (χ0v) is 17.9. The minimum atomic E-state index is -3.93. The lowest BCUT2D eigenvalue weighted by Crippen LogP contribution is -2.42. The molecule has 162 valence electrons. The number of anilines is 1. The highest BCUT2D eigenvalue weighted by Gasteiger charge is 2.25. The third-order valence-electron chi connectivity index (χ3n) is 4.82. The van der Waals surface area contributed by atoms with Crippen molar-refractivity contribution in [2.45, 2.75) is 13.0 Å². The van der Waals surface area contributed by atoms with Crippen LogP contribution in [0.4, 0.5) is 14.5 Å². The van der Waals surface area contributed by atoms with Gasteiger partial charge >= 0.3 is 0 Å². The van der Waals surface area contributed by atoms with E-state index in [1.54, 1.807) is 0 Å². The van der Waals surface area contributed by atoms with Gasteiger partial charge in [-0.3, -0.25) is 9.10 Å². The Bertz CT molecular complexity index is 1180. The molecule has 1 amide bonds. The van der Waals surface area contributed by atoms with E-state index in [0.717, 1.165) is 45.5 Å².